The third kappa shape index (κ3) is 5.93. The van der Waals surface area contributed by atoms with Crippen LogP contribution in [0, 0.1) is 11.7 Å². The molecule has 0 saturated heterocycles. The summed E-state index contributed by atoms with van der Waals surface area (Å²) in [4.78, 5) is 3.77. The second-order valence-electron chi connectivity index (χ2n) is 4.89. The molecule has 0 amide bonds. The Labute approximate surface area is 124 Å². The molecule has 1 aliphatic carbocycles. The third-order valence-electron chi connectivity index (χ3n) is 3.11. The summed E-state index contributed by atoms with van der Waals surface area (Å²) in [6, 6.07) is 4.72. The summed E-state index contributed by atoms with van der Waals surface area (Å²) in [5, 5.41) is 0. The summed E-state index contributed by atoms with van der Waals surface area (Å²) in [6.07, 6.45) is 8.25. The van der Waals surface area contributed by atoms with Crippen LogP contribution in [0.25, 0.3) is 0 Å². The minimum absolute atomic E-state index is 0.163. The Morgan fingerprint density at radius 3 is 3.00 bits per heavy atom. The molecule has 1 aromatic rings. The van der Waals surface area contributed by atoms with Crippen molar-refractivity contribution in [1.82, 2.24) is 5.43 Å². The number of rotatable bonds is 9. The van der Waals surface area contributed by atoms with Gasteiger partial charge < -0.3 is 15.9 Å². The highest BCUT2D eigenvalue weighted by Gasteiger charge is 2.19. The molecule has 0 aliphatic heterocycles. The summed E-state index contributed by atoms with van der Waals surface area (Å²) >= 11 is 0. The average molecular weight is 292 g/mol. The second-order valence-corrected chi connectivity index (χ2v) is 4.89. The molecule has 1 aromatic carbocycles. The molecule has 6 heteroatoms. The minimum Gasteiger partial charge on any atom is -0.462 e. The molecule has 5 nitrogen and oxygen atoms in total. The number of hydrogen-bond acceptors (Lipinski definition) is 5. The smallest absolute Gasteiger partial charge is 0.167 e. The predicted molar refractivity (Wildman–Crippen MR) is 82.7 cm³/mol. The van der Waals surface area contributed by atoms with Gasteiger partial charge in [-0.1, -0.05) is 12.8 Å². The lowest BCUT2D eigenvalue weighted by molar-refractivity contribution is 0.441. The standard InChI is InChI=1S/C15H21FN4O/c16-14-10-13(20-19-8-6-12-2-3-12)4-5-15(14)21-9-1-7-18-11-17/h1,4-5,7,9-10,12,19-20H,2-3,6,8,11,17H2/b9-1+,18-7-. The number of benzene rings is 1. The fourth-order valence-corrected chi connectivity index (χ4v) is 1.79. The summed E-state index contributed by atoms with van der Waals surface area (Å²) in [7, 11) is 0. The number of anilines is 1. The van der Waals surface area contributed by atoms with E-state index in [1.165, 1.54) is 31.4 Å². The van der Waals surface area contributed by atoms with E-state index in [9.17, 15) is 4.39 Å². The van der Waals surface area contributed by atoms with Crippen molar-refractivity contribution in [3.05, 3.63) is 36.4 Å². The fraction of sp³-hybridized carbons (Fsp3) is 0.400. The second kappa shape index (κ2) is 8.39. The Morgan fingerprint density at radius 2 is 2.29 bits per heavy atom. The highest BCUT2D eigenvalue weighted by Crippen LogP contribution is 2.31. The van der Waals surface area contributed by atoms with Crippen LogP contribution in [0.2, 0.25) is 0 Å². The van der Waals surface area contributed by atoms with Gasteiger partial charge >= 0.3 is 0 Å². The van der Waals surface area contributed by atoms with Crippen LogP contribution in [0.1, 0.15) is 19.3 Å². The number of nitrogens with two attached hydrogens (primary N) is 1. The number of nitrogens with one attached hydrogen (secondary N) is 2. The van der Waals surface area contributed by atoms with E-state index in [4.69, 9.17) is 10.5 Å². The Kier molecular flexibility index (Phi) is 6.18. The van der Waals surface area contributed by atoms with Crippen LogP contribution >= 0.6 is 0 Å². The number of aliphatic imine (C=N–C) groups is 1. The number of halogens is 1. The maximum absolute atomic E-state index is 13.8. The Hall–Kier alpha value is -1.92. The largest absolute Gasteiger partial charge is 0.462 e. The highest BCUT2D eigenvalue weighted by atomic mass is 19.1. The van der Waals surface area contributed by atoms with Gasteiger partial charge in [0.25, 0.3) is 0 Å². The predicted octanol–water partition coefficient (Wildman–Crippen LogP) is 2.42. The molecular weight excluding hydrogens is 271 g/mol. The molecule has 4 N–H and O–H groups in total. The number of ether oxygens (including phenoxy) is 1. The molecule has 114 valence electrons. The topological polar surface area (TPSA) is 71.7 Å². The first kappa shape index (κ1) is 15.5. The van der Waals surface area contributed by atoms with Gasteiger partial charge in [0, 0.05) is 18.8 Å². The summed E-state index contributed by atoms with van der Waals surface area (Å²) < 4.78 is 19.0. The zero-order valence-corrected chi connectivity index (χ0v) is 11.9. The molecule has 0 spiro atoms. The van der Waals surface area contributed by atoms with Gasteiger partial charge in [0.05, 0.1) is 18.6 Å². The first-order chi connectivity index (χ1) is 10.3. The van der Waals surface area contributed by atoms with Crippen LogP contribution in [0.5, 0.6) is 5.75 Å². The van der Waals surface area contributed by atoms with Gasteiger partial charge in [0.1, 0.15) is 0 Å². The normalized spacial score (nSPS) is 15.0. The molecule has 0 heterocycles. The quantitative estimate of drug-likeness (QED) is 0.283. The van der Waals surface area contributed by atoms with Crippen molar-refractivity contribution < 1.29 is 9.13 Å². The number of hydrogen-bond donors (Lipinski definition) is 3. The van der Waals surface area contributed by atoms with Crippen LogP contribution in [-0.4, -0.2) is 19.4 Å². The van der Waals surface area contributed by atoms with E-state index in [0.29, 0.717) is 5.69 Å². The molecule has 0 unspecified atom stereocenters. The van der Waals surface area contributed by atoms with Gasteiger partial charge in [-0.15, -0.1) is 0 Å². The summed E-state index contributed by atoms with van der Waals surface area (Å²) in [5.41, 5.74) is 11.9. The van der Waals surface area contributed by atoms with Crippen LogP contribution in [0.15, 0.2) is 35.5 Å². The molecule has 2 rings (SSSR count). The monoisotopic (exact) mass is 292 g/mol. The molecular formula is C15H21FN4O. The van der Waals surface area contributed by atoms with Crippen LogP contribution in [-0.2, 0) is 0 Å². The molecule has 1 fully saturated rings. The van der Waals surface area contributed by atoms with E-state index in [2.05, 4.69) is 15.8 Å². The van der Waals surface area contributed by atoms with Gasteiger partial charge in [0.15, 0.2) is 11.6 Å². The minimum atomic E-state index is -0.426. The maximum Gasteiger partial charge on any atom is 0.167 e. The van der Waals surface area contributed by atoms with Crippen molar-refractivity contribution >= 4 is 11.9 Å². The van der Waals surface area contributed by atoms with Crippen LogP contribution < -0.4 is 21.3 Å². The fourth-order valence-electron chi connectivity index (χ4n) is 1.79. The Morgan fingerprint density at radius 1 is 1.43 bits per heavy atom. The lowest BCUT2D eigenvalue weighted by atomic mass is 10.3. The highest BCUT2D eigenvalue weighted by molar-refractivity contribution is 5.70. The Balaban J connectivity index is 1.75. The van der Waals surface area contributed by atoms with E-state index in [0.717, 1.165) is 18.9 Å². The lowest BCUT2D eigenvalue weighted by Crippen LogP contribution is -2.23. The van der Waals surface area contributed by atoms with Gasteiger partial charge in [0.2, 0.25) is 0 Å². The molecule has 0 bridgehead atoms. The van der Waals surface area contributed by atoms with E-state index >= 15 is 0 Å². The molecule has 0 radical (unpaired) electrons. The van der Waals surface area contributed by atoms with Gasteiger partial charge in [-0.05, 0) is 30.5 Å². The number of nitrogens with zero attached hydrogens (tertiary/aromatic N) is 1. The average Bonchev–Trinajstić information content (AvgIpc) is 3.29. The maximum atomic E-state index is 13.8. The SMILES string of the molecule is NC/N=C\C=C\Oc1ccc(NNCCC2CC2)cc1F. The molecule has 21 heavy (non-hydrogen) atoms. The number of hydrazine groups is 1. The molecule has 0 atom stereocenters. The van der Waals surface area contributed by atoms with Gasteiger partial charge in [-0.2, -0.15) is 0 Å². The van der Waals surface area contributed by atoms with Crippen LogP contribution in [0.3, 0.4) is 0 Å². The zero-order valence-electron chi connectivity index (χ0n) is 11.9. The van der Waals surface area contributed by atoms with E-state index in [1.54, 1.807) is 18.2 Å². The van der Waals surface area contributed by atoms with Crippen molar-refractivity contribution in [1.29, 1.82) is 0 Å². The van der Waals surface area contributed by atoms with Crippen molar-refractivity contribution in [3.8, 4) is 5.75 Å². The van der Waals surface area contributed by atoms with Gasteiger partial charge in [-0.25, -0.2) is 9.82 Å². The number of allylic oxidation sites excluding steroid dienone is 1. The van der Waals surface area contributed by atoms with E-state index in [1.807, 2.05) is 0 Å². The van der Waals surface area contributed by atoms with Crippen LogP contribution in [0.4, 0.5) is 10.1 Å². The van der Waals surface area contributed by atoms with Gasteiger partial charge in [-0.3, -0.25) is 4.99 Å². The van der Waals surface area contributed by atoms with Crippen molar-refractivity contribution in [2.45, 2.75) is 19.3 Å². The summed E-state index contributed by atoms with van der Waals surface area (Å²) in [5.74, 6) is 0.613. The molecule has 0 aromatic heterocycles. The summed E-state index contributed by atoms with van der Waals surface area (Å²) in [6.45, 7) is 1.10. The van der Waals surface area contributed by atoms with Crippen molar-refractivity contribution in [2.24, 2.45) is 16.6 Å². The van der Waals surface area contributed by atoms with E-state index in [-0.39, 0.29) is 12.4 Å². The van der Waals surface area contributed by atoms with E-state index < -0.39 is 5.82 Å². The first-order valence-corrected chi connectivity index (χ1v) is 7.09. The first-order valence-electron chi connectivity index (χ1n) is 7.09. The molecule has 1 saturated carbocycles. The zero-order chi connectivity index (χ0) is 14.9. The van der Waals surface area contributed by atoms with Crippen molar-refractivity contribution in [2.75, 3.05) is 18.6 Å². The Bertz CT molecular complexity index is 500. The lowest BCUT2D eigenvalue weighted by Gasteiger charge is -2.09. The third-order valence-corrected chi connectivity index (χ3v) is 3.11. The van der Waals surface area contributed by atoms with Crippen molar-refractivity contribution in [3.63, 3.8) is 0 Å². The molecule has 1 aliphatic rings.